The van der Waals surface area contributed by atoms with Gasteiger partial charge in [-0.25, -0.2) is 0 Å². The molecule has 0 bridgehead atoms. The Hall–Kier alpha value is -1.97. The first-order valence-electron chi connectivity index (χ1n) is 16.4. The summed E-state index contributed by atoms with van der Waals surface area (Å²) in [6.45, 7) is 17.5. The van der Waals surface area contributed by atoms with E-state index in [0.29, 0.717) is 25.7 Å². The number of carbonyl (C=O) groups is 3. The fraction of sp³-hybridized carbons (Fsp3) is 0.857. The summed E-state index contributed by atoms with van der Waals surface area (Å²) in [4.78, 5) is 36.1. The molecule has 4 saturated carbocycles. The smallest absolute Gasteiger partial charge is 0.317 e. The molecule has 0 aliphatic heterocycles. The van der Waals surface area contributed by atoms with Crippen molar-refractivity contribution in [1.29, 1.82) is 0 Å². The zero-order valence-electron chi connectivity index (χ0n) is 28.2. The van der Waals surface area contributed by atoms with Crippen molar-refractivity contribution in [3.63, 3.8) is 0 Å². The highest BCUT2D eigenvalue weighted by Crippen LogP contribution is 2.76. The first kappa shape index (κ1) is 34.9. The lowest BCUT2D eigenvalue weighted by molar-refractivity contribution is -0.274. The van der Waals surface area contributed by atoms with E-state index in [1.807, 2.05) is 0 Å². The van der Waals surface area contributed by atoms with Crippen molar-refractivity contribution in [2.75, 3.05) is 0 Å². The van der Waals surface area contributed by atoms with Crippen molar-refractivity contribution in [1.82, 2.24) is 0 Å². The molecule has 0 heterocycles. The monoisotopic (exact) mass is 620 g/mol. The number of carbonyl (C=O) groups excluding carboxylic acids is 2. The standard InChI is InChI=1S/C35H56O9/c1-21(36)43-22-19-24-31(6)15-12-25(44-27(39)20-26(37)38)30(4,5)23(31)11-16-32(24,7)33(8)17-18-35(42,28(22)33)34(9,41)14-10-13-29(2,3)40/h10,13,22-25,28,40-42H,11-12,14-20H2,1-9H3,(H,37,38)/b13-10+/t22-,23+,24-,25-,28+,31+,32-,33-,34+,35-/m1/s1. The lowest BCUT2D eigenvalue weighted by Crippen LogP contribution is -2.70. The van der Waals surface area contributed by atoms with Gasteiger partial charge in [-0.2, -0.15) is 0 Å². The number of aliphatic carboxylic acids is 1. The van der Waals surface area contributed by atoms with Crippen LogP contribution < -0.4 is 0 Å². The van der Waals surface area contributed by atoms with Gasteiger partial charge in [0.15, 0.2) is 0 Å². The Morgan fingerprint density at radius 1 is 0.886 bits per heavy atom. The number of ether oxygens (including phenoxy) is 2. The van der Waals surface area contributed by atoms with Gasteiger partial charge in [0.1, 0.15) is 24.2 Å². The van der Waals surface area contributed by atoms with Gasteiger partial charge >= 0.3 is 17.9 Å². The van der Waals surface area contributed by atoms with Crippen LogP contribution in [0.1, 0.15) is 120 Å². The molecule has 0 unspecified atom stereocenters. The van der Waals surface area contributed by atoms with Gasteiger partial charge in [-0.15, -0.1) is 0 Å². The molecule has 0 aromatic heterocycles. The molecule has 0 radical (unpaired) electrons. The van der Waals surface area contributed by atoms with Crippen LogP contribution in [0.2, 0.25) is 0 Å². The van der Waals surface area contributed by atoms with Crippen LogP contribution in [0.5, 0.6) is 0 Å². The zero-order valence-corrected chi connectivity index (χ0v) is 28.2. The number of hydrogen-bond donors (Lipinski definition) is 4. The van der Waals surface area contributed by atoms with Crippen LogP contribution in [0.25, 0.3) is 0 Å². The van der Waals surface area contributed by atoms with Crippen LogP contribution in [0, 0.1) is 39.4 Å². The molecule has 0 aromatic rings. The maximum atomic E-state index is 12.6. The molecule has 9 heteroatoms. The fourth-order valence-corrected chi connectivity index (χ4v) is 11.0. The minimum Gasteiger partial charge on any atom is -0.481 e. The van der Waals surface area contributed by atoms with Crippen molar-refractivity contribution < 1.29 is 44.3 Å². The Labute approximate surface area is 262 Å². The van der Waals surface area contributed by atoms with Crippen molar-refractivity contribution in [2.45, 2.75) is 149 Å². The third kappa shape index (κ3) is 5.53. The molecule has 0 amide bonds. The van der Waals surface area contributed by atoms with Crippen LogP contribution in [0.3, 0.4) is 0 Å². The van der Waals surface area contributed by atoms with E-state index in [1.54, 1.807) is 32.9 Å². The van der Waals surface area contributed by atoms with E-state index in [2.05, 4.69) is 34.6 Å². The Balaban J connectivity index is 1.72. The Bertz CT molecular complexity index is 1180. The Morgan fingerprint density at radius 2 is 1.52 bits per heavy atom. The van der Waals surface area contributed by atoms with E-state index in [1.165, 1.54) is 6.92 Å². The summed E-state index contributed by atoms with van der Waals surface area (Å²) in [5.74, 6) is -2.50. The SMILES string of the molecule is CC(=O)O[C@@H]1C[C@@H]2[C@@]3(C)CC[C@@H](OC(=O)CC(=O)O)C(C)(C)[C@@H]3CC[C@@]2(C)[C@]2(C)CC[C@](O)([C@@](C)(O)C/C=C/C(C)(C)O)[C@@H]12. The maximum Gasteiger partial charge on any atom is 0.317 e. The van der Waals surface area contributed by atoms with Crippen LogP contribution in [-0.4, -0.2) is 67.3 Å². The molecule has 4 aliphatic carbocycles. The second-order valence-electron chi connectivity index (χ2n) is 16.7. The molecule has 9 nitrogen and oxygen atoms in total. The predicted molar refractivity (Wildman–Crippen MR) is 164 cm³/mol. The summed E-state index contributed by atoms with van der Waals surface area (Å²) in [5, 5.41) is 43.7. The lowest BCUT2D eigenvalue weighted by atomic mass is 9.35. The summed E-state index contributed by atoms with van der Waals surface area (Å²) in [7, 11) is 0. The summed E-state index contributed by atoms with van der Waals surface area (Å²) in [5.41, 5.74) is -5.36. The second kappa shape index (κ2) is 11.1. The summed E-state index contributed by atoms with van der Waals surface area (Å²) < 4.78 is 11.9. The van der Waals surface area contributed by atoms with Gasteiger partial charge in [-0.3, -0.25) is 14.4 Å². The first-order valence-corrected chi connectivity index (χ1v) is 16.4. The Kier molecular flexibility index (Phi) is 8.79. The molecular weight excluding hydrogens is 564 g/mol. The average molecular weight is 621 g/mol. The maximum absolute atomic E-state index is 12.6. The van der Waals surface area contributed by atoms with Gasteiger partial charge in [0.2, 0.25) is 0 Å². The molecular formula is C35H56O9. The second-order valence-corrected chi connectivity index (χ2v) is 16.7. The molecule has 0 aromatic carbocycles. The molecule has 0 saturated heterocycles. The molecule has 4 rings (SSSR count). The highest BCUT2D eigenvalue weighted by atomic mass is 16.6. The summed E-state index contributed by atoms with van der Waals surface area (Å²) in [6.07, 6.45) is 6.58. The van der Waals surface area contributed by atoms with Crippen LogP contribution in [-0.2, 0) is 23.9 Å². The minimum absolute atomic E-state index is 0.136. The van der Waals surface area contributed by atoms with Gasteiger partial charge in [0.05, 0.1) is 11.2 Å². The van der Waals surface area contributed by atoms with Crippen LogP contribution in [0.4, 0.5) is 0 Å². The number of aliphatic hydroxyl groups is 3. The highest BCUT2D eigenvalue weighted by molar-refractivity contribution is 5.90. The van der Waals surface area contributed by atoms with E-state index >= 15 is 0 Å². The van der Waals surface area contributed by atoms with Gasteiger partial charge in [-0.1, -0.05) is 46.8 Å². The first-order chi connectivity index (χ1) is 19.9. The quantitative estimate of drug-likeness (QED) is 0.163. The molecule has 10 atom stereocenters. The number of carboxylic acids is 1. The largest absolute Gasteiger partial charge is 0.481 e. The van der Waals surface area contributed by atoms with Gasteiger partial charge in [0.25, 0.3) is 0 Å². The van der Waals surface area contributed by atoms with E-state index in [4.69, 9.17) is 14.6 Å². The van der Waals surface area contributed by atoms with Gasteiger partial charge in [0, 0.05) is 18.3 Å². The molecule has 44 heavy (non-hydrogen) atoms. The topological polar surface area (TPSA) is 151 Å². The highest BCUT2D eigenvalue weighted by Gasteiger charge is 2.75. The average Bonchev–Trinajstić information content (AvgIpc) is 3.15. The van der Waals surface area contributed by atoms with Gasteiger partial charge < -0.3 is 29.9 Å². The normalized spacial score (nSPS) is 42.9. The molecule has 250 valence electrons. The van der Waals surface area contributed by atoms with Crippen LogP contribution >= 0.6 is 0 Å². The van der Waals surface area contributed by atoms with E-state index in [-0.39, 0.29) is 29.1 Å². The summed E-state index contributed by atoms with van der Waals surface area (Å²) >= 11 is 0. The molecule has 4 N–H and O–H groups in total. The number of hydrogen-bond acceptors (Lipinski definition) is 8. The van der Waals surface area contributed by atoms with Crippen molar-refractivity contribution in [3.8, 4) is 0 Å². The zero-order chi connectivity index (χ0) is 33.3. The van der Waals surface area contributed by atoms with E-state index < -0.39 is 70.1 Å². The lowest BCUT2D eigenvalue weighted by Gasteiger charge is -2.71. The molecule has 0 spiro atoms. The van der Waals surface area contributed by atoms with Crippen molar-refractivity contribution >= 4 is 17.9 Å². The van der Waals surface area contributed by atoms with E-state index in [0.717, 1.165) is 19.3 Å². The number of fused-ring (bicyclic) bond motifs is 5. The number of esters is 2. The van der Waals surface area contributed by atoms with E-state index in [9.17, 15) is 29.7 Å². The fourth-order valence-electron chi connectivity index (χ4n) is 11.0. The summed E-state index contributed by atoms with van der Waals surface area (Å²) in [6, 6.07) is 0. The number of rotatable bonds is 8. The Morgan fingerprint density at radius 3 is 2.09 bits per heavy atom. The van der Waals surface area contributed by atoms with Crippen molar-refractivity contribution in [2.24, 2.45) is 39.4 Å². The molecule has 4 aliphatic rings. The third-order valence-corrected chi connectivity index (χ3v) is 13.2. The third-order valence-electron chi connectivity index (χ3n) is 13.2. The van der Waals surface area contributed by atoms with Crippen molar-refractivity contribution in [3.05, 3.63) is 12.2 Å². The van der Waals surface area contributed by atoms with Crippen LogP contribution in [0.15, 0.2) is 12.2 Å². The minimum atomic E-state index is -1.53. The van der Waals surface area contributed by atoms with Gasteiger partial charge in [-0.05, 0) is 100 Å². The number of carboxylic acid groups (broad SMARTS) is 1. The molecule has 4 fully saturated rings. The predicted octanol–water partition coefficient (Wildman–Crippen LogP) is 5.18.